The molecule has 1 N–H and O–H groups in total. The molecule has 2 nitrogen and oxygen atoms in total. The van der Waals surface area contributed by atoms with Gasteiger partial charge in [-0.1, -0.05) is 40.2 Å². The number of benzene rings is 2. The van der Waals surface area contributed by atoms with Crippen LogP contribution in [0.15, 0.2) is 40.9 Å². The molecule has 0 aliphatic carbocycles. The van der Waals surface area contributed by atoms with Crippen molar-refractivity contribution >= 4 is 15.9 Å². The number of likely N-dealkylation sites (N-methyl/N-ethyl adjacent to an activating group) is 1. The van der Waals surface area contributed by atoms with Crippen LogP contribution in [0.25, 0.3) is 0 Å². The van der Waals surface area contributed by atoms with Crippen molar-refractivity contribution in [1.82, 2.24) is 5.32 Å². The van der Waals surface area contributed by atoms with Crippen molar-refractivity contribution in [2.24, 2.45) is 0 Å². The third-order valence-corrected chi connectivity index (χ3v) is 4.47. The van der Waals surface area contributed by atoms with Gasteiger partial charge in [0, 0.05) is 16.1 Å². The SMILES string of the molecule is CNC(Cc1c(C)cccc1C)c1ccc(Br)cc1OC. The lowest BCUT2D eigenvalue weighted by molar-refractivity contribution is 0.401. The second-order valence-corrected chi connectivity index (χ2v) is 6.22. The highest BCUT2D eigenvalue weighted by Gasteiger charge is 2.17. The van der Waals surface area contributed by atoms with Crippen LogP contribution in [0.4, 0.5) is 0 Å². The van der Waals surface area contributed by atoms with Crippen LogP contribution >= 0.6 is 15.9 Å². The van der Waals surface area contributed by atoms with Gasteiger partial charge in [-0.3, -0.25) is 0 Å². The Hall–Kier alpha value is -1.32. The molecule has 0 aliphatic heterocycles. The van der Waals surface area contributed by atoms with Crippen LogP contribution in [0.5, 0.6) is 5.75 Å². The quantitative estimate of drug-likeness (QED) is 0.854. The maximum Gasteiger partial charge on any atom is 0.124 e. The maximum atomic E-state index is 5.54. The van der Waals surface area contributed by atoms with Gasteiger partial charge in [0.15, 0.2) is 0 Å². The normalized spacial score (nSPS) is 12.2. The van der Waals surface area contributed by atoms with E-state index in [0.29, 0.717) is 0 Å². The molecule has 0 fully saturated rings. The zero-order valence-corrected chi connectivity index (χ0v) is 14.6. The smallest absolute Gasteiger partial charge is 0.124 e. The van der Waals surface area contributed by atoms with E-state index in [0.717, 1.165) is 16.6 Å². The van der Waals surface area contributed by atoms with E-state index in [9.17, 15) is 0 Å². The average Bonchev–Trinajstić information content (AvgIpc) is 2.47. The van der Waals surface area contributed by atoms with E-state index < -0.39 is 0 Å². The summed E-state index contributed by atoms with van der Waals surface area (Å²) in [6, 6.07) is 12.9. The highest BCUT2D eigenvalue weighted by molar-refractivity contribution is 9.10. The van der Waals surface area contributed by atoms with E-state index >= 15 is 0 Å². The van der Waals surface area contributed by atoms with Gasteiger partial charge in [-0.2, -0.15) is 0 Å². The first-order valence-electron chi connectivity index (χ1n) is 7.12. The van der Waals surface area contributed by atoms with Gasteiger partial charge in [0.25, 0.3) is 0 Å². The third-order valence-electron chi connectivity index (χ3n) is 3.97. The molecule has 0 radical (unpaired) electrons. The van der Waals surface area contributed by atoms with Gasteiger partial charge < -0.3 is 10.1 Å². The number of rotatable bonds is 5. The molecule has 0 heterocycles. The molecule has 1 unspecified atom stereocenters. The van der Waals surface area contributed by atoms with E-state index in [1.807, 2.05) is 13.1 Å². The fourth-order valence-corrected chi connectivity index (χ4v) is 3.06. The van der Waals surface area contributed by atoms with E-state index in [4.69, 9.17) is 4.74 Å². The minimum Gasteiger partial charge on any atom is -0.496 e. The number of ether oxygens (including phenoxy) is 1. The number of hydrogen-bond acceptors (Lipinski definition) is 2. The van der Waals surface area contributed by atoms with Crippen LogP contribution in [-0.4, -0.2) is 14.2 Å². The van der Waals surface area contributed by atoms with Gasteiger partial charge in [0.2, 0.25) is 0 Å². The molecule has 1 atom stereocenters. The van der Waals surface area contributed by atoms with Gasteiger partial charge >= 0.3 is 0 Å². The zero-order valence-electron chi connectivity index (χ0n) is 13.0. The Morgan fingerprint density at radius 1 is 1.14 bits per heavy atom. The molecule has 3 heteroatoms. The van der Waals surface area contributed by atoms with Crippen molar-refractivity contribution in [2.75, 3.05) is 14.2 Å². The lowest BCUT2D eigenvalue weighted by Gasteiger charge is -2.21. The summed E-state index contributed by atoms with van der Waals surface area (Å²) >= 11 is 3.50. The average molecular weight is 348 g/mol. The van der Waals surface area contributed by atoms with Gasteiger partial charge in [-0.05, 0) is 56.1 Å². The molecular weight excluding hydrogens is 326 g/mol. The predicted molar refractivity (Wildman–Crippen MR) is 92.1 cm³/mol. The molecular formula is C18H22BrNO. The highest BCUT2D eigenvalue weighted by Crippen LogP contribution is 2.31. The highest BCUT2D eigenvalue weighted by atomic mass is 79.9. The minimum atomic E-state index is 0.229. The first kappa shape index (κ1) is 16.1. The summed E-state index contributed by atoms with van der Waals surface area (Å²) < 4.78 is 6.57. The largest absolute Gasteiger partial charge is 0.496 e. The lowest BCUT2D eigenvalue weighted by Crippen LogP contribution is -2.20. The zero-order chi connectivity index (χ0) is 15.4. The van der Waals surface area contributed by atoms with Crippen LogP contribution in [0.3, 0.4) is 0 Å². The Labute approximate surface area is 135 Å². The van der Waals surface area contributed by atoms with Crippen LogP contribution in [0.1, 0.15) is 28.3 Å². The summed E-state index contributed by atoms with van der Waals surface area (Å²) in [6.07, 6.45) is 0.951. The number of aryl methyl sites for hydroxylation is 2. The fourth-order valence-electron chi connectivity index (χ4n) is 2.72. The van der Waals surface area contributed by atoms with Crippen LogP contribution in [0, 0.1) is 13.8 Å². The van der Waals surface area contributed by atoms with Crippen molar-refractivity contribution < 1.29 is 4.74 Å². The van der Waals surface area contributed by atoms with Crippen LogP contribution in [0.2, 0.25) is 0 Å². The summed E-state index contributed by atoms with van der Waals surface area (Å²) in [5, 5.41) is 3.42. The Balaban J connectivity index is 2.37. The molecule has 2 aromatic rings. The van der Waals surface area contributed by atoms with Gasteiger partial charge in [-0.25, -0.2) is 0 Å². The van der Waals surface area contributed by atoms with E-state index in [1.54, 1.807) is 7.11 Å². The van der Waals surface area contributed by atoms with E-state index in [-0.39, 0.29) is 6.04 Å². The topological polar surface area (TPSA) is 21.3 Å². The molecule has 0 bridgehead atoms. The molecule has 0 saturated heterocycles. The minimum absolute atomic E-state index is 0.229. The van der Waals surface area contributed by atoms with Crippen molar-refractivity contribution in [3.8, 4) is 5.75 Å². The first-order chi connectivity index (χ1) is 10.1. The molecule has 0 aliphatic rings. The standard InChI is InChI=1S/C18H22BrNO/c1-12-6-5-7-13(2)16(12)11-17(20-3)15-9-8-14(19)10-18(15)21-4/h5-10,17,20H,11H2,1-4H3. The van der Waals surface area contributed by atoms with Gasteiger partial charge in [-0.15, -0.1) is 0 Å². The first-order valence-corrected chi connectivity index (χ1v) is 7.92. The molecule has 0 amide bonds. The summed E-state index contributed by atoms with van der Waals surface area (Å²) in [4.78, 5) is 0. The van der Waals surface area contributed by atoms with Crippen molar-refractivity contribution in [3.05, 3.63) is 63.1 Å². The summed E-state index contributed by atoms with van der Waals surface area (Å²) in [5.74, 6) is 0.912. The van der Waals surface area contributed by atoms with Crippen LogP contribution < -0.4 is 10.1 Å². The molecule has 2 rings (SSSR count). The maximum absolute atomic E-state index is 5.54. The number of halogens is 1. The van der Waals surface area contributed by atoms with Gasteiger partial charge in [0.05, 0.1) is 7.11 Å². The lowest BCUT2D eigenvalue weighted by atomic mass is 9.92. The molecule has 21 heavy (non-hydrogen) atoms. The van der Waals surface area contributed by atoms with E-state index in [1.165, 1.54) is 22.3 Å². The molecule has 2 aromatic carbocycles. The fraction of sp³-hybridized carbons (Fsp3) is 0.333. The summed E-state index contributed by atoms with van der Waals surface area (Å²) in [7, 11) is 3.72. The molecule has 0 spiro atoms. The number of methoxy groups -OCH3 is 1. The van der Waals surface area contributed by atoms with Crippen molar-refractivity contribution in [3.63, 3.8) is 0 Å². The molecule has 0 saturated carbocycles. The second-order valence-electron chi connectivity index (χ2n) is 5.30. The second kappa shape index (κ2) is 7.10. The summed E-state index contributed by atoms with van der Waals surface area (Å²) in [5.41, 5.74) is 5.27. The Bertz CT molecular complexity index is 604. The monoisotopic (exact) mass is 347 g/mol. The predicted octanol–water partition coefficient (Wildman–Crippen LogP) is 4.58. The number of nitrogens with one attached hydrogen (secondary N) is 1. The van der Waals surface area contributed by atoms with Crippen molar-refractivity contribution in [2.45, 2.75) is 26.3 Å². The molecule has 112 valence electrons. The van der Waals surface area contributed by atoms with Crippen LogP contribution in [-0.2, 0) is 6.42 Å². The van der Waals surface area contributed by atoms with Crippen molar-refractivity contribution in [1.29, 1.82) is 0 Å². The van der Waals surface area contributed by atoms with E-state index in [2.05, 4.69) is 65.4 Å². The number of hydrogen-bond donors (Lipinski definition) is 1. The molecule has 0 aromatic heterocycles. The Morgan fingerprint density at radius 2 is 1.81 bits per heavy atom. The van der Waals surface area contributed by atoms with Gasteiger partial charge in [0.1, 0.15) is 5.75 Å². The Kier molecular flexibility index (Phi) is 5.43. The Morgan fingerprint density at radius 3 is 2.38 bits per heavy atom. The summed E-state index contributed by atoms with van der Waals surface area (Å²) in [6.45, 7) is 4.35. The third kappa shape index (κ3) is 3.66.